The highest BCUT2D eigenvalue weighted by Gasteiger charge is 2.76. The number of thioether (sulfide) groups is 1. The number of aliphatic hydroxyl groups excluding tert-OH is 2. The van der Waals surface area contributed by atoms with Gasteiger partial charge in [0.1, 0.15) is 12.4 Å². The van der Waals surface area contributed by atoms with Crippen molar-refractivity contribution in [3.05, 3.63) is 82.7 Å². The van der Waals surface area contributed by atoms with E-state index in [9.17, 15) is 19.8 Å². The first-order valence-corrected chi connectivity index (χ1v) is 16.8. The number of nitrogens with two attached hydrogens (primary N) is 1. The van der Waals surface area contributed by atoms with Gasteiger partial charge >= 0.3 is 0 Å². The molecule has 1 saturated heterocycles. The van der Waals surface area contributed by atoms with Crippen LogP contribution in [0.1, 0.15) is 62.5 Å². The molecule has 238 valence electrons. The number of ketones is 2. The molecule has 0 amide bonds. The van der Waals surface area contributed by atoms with Gasteiger partial charge in [-0.2, -0.15) is 0 Å². The second kappa shape index (κ2) is 10.9. The number of carbonyl (C=O) groups excluding carboxylic acids is 2. The SMILES string of the molecule is Cc1ccc(CSc2ccccc2N)c(F)c1[C@H]1O[C@@H]2CC3[C@@H]4CCC5=CC(=O)C=C[C@]5(C)C4[C@@H](O)C[C@]3(C)[C@]2(C(=O)CO)O1. The first kappa shape index (κ1) is 30.8. The van der Waals surface area contributed by atoms with Gasteiger partial charge in [0.2, 0.25) is 0 Å². The molecular formula is C36H40FNO6S. The van der Waals surface area contributed by atoms with Gasteiger partial charge in [-0.3, -0.25) is 9.59 Å². The van der Waals surface area contributed by atoms with Crippen molar-refractivity contribution in [1.82, 2.24) is 0 Å². The van der Waals surface area contributed by atoms with Crippen LogP contribution in [0.3, 0.4) is 0 Å². The molecule has 7 rings (SSSR count). The van der Waals surface area contributed by atoms with Crippen LogP contribution in [-0.2, 0) is 24.8 Å². The Kier molecular flexibility index (Phi) is 7.45. The number of carbonyl (C=O) groups is 2. The number of Topliss-reactive ketones (excluding diaryl/α,β-unsaturated/α-hetero) is 1. The highest BCUT2D eigenvalue weighted by Crippen LogP contribution is 2.70. The molecule has 0 aromatic heterocycles. The second-order valence-corrected chi connectivity index (χ2v) is 15.0. The topological polar surface area (TPSA) is 119 Å². The molecule has 0 bridgehead atoms. The van der Waals surface area contributed by atoms with Gasteiger partial charge in [-0.25, -0.2) is 4.39 Å². The first-order chi connectivity index (χ1) is 21.4. The molecule has 7 nitrogen and oxygen atoms in total. The van der Waals surface area contributed by atoms with Crippen LogP contribution in [0, 0.1) is 41.3 Å². The van der Waals surface area contributed by atoms with Crippen LogP contribution in [0.4, 0.5) is 10.1 Å². The first-order valence-electron chi connectivity index (χ1n) is 15.8. The summed E-state index contributed by atoms with van der Waals surface area (Å²) < 4.78 is 29.5. The van der Waals surface area contributed by atoms with Gasteiger partial charge in [0.05, 0.1) is 12.2 Å². The maximum absolute atomic E-state index is 16.3. The zero-order chi connectivity index (χ0) is 31.9. The van der Waals surface area contributed by atoms with Gasteiger partial charge in [-0.1, -0.05) is 49.8 Å². The van der Waals surface area contributed by atoms with Gasteiger partial charge < -0.3 is 25.4 Å². The van der Waals surface area contributed by atoms with Crippen LogP contribution >= 0.6 is 11.8 Å². The molecule has 5 aliphatic rings. The van der Waals surface area contributed by atoms with Crippen LogP contribution in [0.25, 0.3) is 0 Å². The van der Waals surface area contributed by atoms with E-state index >= 15 is 4.39 Å². The summed E-state index contributed by atoms with van der Waals surface area (Å²) in [4.78, 5) is 26.9. The molecule has 2 aromatic rings. The highest BCUT2D eigenvalue weighted by molar-refractivity contribution is 7.98. The van der Waals surface area contributed by atoms with E-state index < -0.39 is 53.1 Å². The zero-order valence-electron chi connectivity index (χ0n) is 25.8. The van der Waals surface area contributed by atoms with Crippen molar-refractivity contribution < 1.29 is 33.7 Å². The highest BCUT2D eigenvalue weighted by atomic mass is 32.2. The summed E-state index contributed by atoms with van der Waals surface area (Å²) in [6, 6.07) is 11.0. The van der Waals surface area contributed by atoms with E-state index in [0.29, 0.717) is 29.0 Å². The summed E-state index contributed by atoms with van der Waals surface area (Å²) in [6.45, 7) is 5.12. The Morgan fingerprint density at radius 3 is 2.73 bits per heavy atom. The van der Waals surface area contributed by atoms with E-state index in [1.54, 1.807) is 25.1 Å². The van der Waals surface area contributed by atoms with Crippen LogP contribution < -0.4 is 5.73 Å². The molecule has 0 spiro atoms. The fraction of sp³-hybridized carbons (Fsp3) is 0.500. The number of para-hydroxylation sites is 1. The predicted molar refractivity (Wildman–Crippen MR) is 168 cm³/mol. The lowest BCUT2D eigenvalue weighted by Gasteiger charge is -2.59. The molecule has 0 radical (unpaired) electrons. The van der Waals surface area contributed by atoms with Crippen LogP contribution in [0.2, 0.25) is 0 Å². The number of anilines is 1. The Morgan fingerprint density at radius 1 is 1.20 bits per heavy atom. The monoisotopic (exact) mass is 633 g/mol. The van der Waals surface area contributed by atoms with Crippen molar-refractivity contribution in [3.8, 4) is 0 Å². The largest absolute Gasteiger partial charge is 0.398 e. The number of ether oxygens (including phenoxy) is 2. The van der Waals surface area contributed by atoms with Crippen molar-refractivity contribution in [2.75, 3.05) is 12.3 Å². The van der Waals surface area contributed by atoms with Gasteiger partial charge in [0, 0.05) is 38.6 Å². The number of halogens is 1. The number of aliphatic hydroxyl groups is 2. The minimum Gasteiger partial charge on any atom is -0.398 e. The fourth-order valence-electron chi connectivity index (χ4n) is 9.72. The molecule has 4 N–H and O–H groups in total. The molecule has 9 atom stereocenters. The Bertz CT molecular complexity index is 1640. The maximum Gasteiger partial charge on any atom is 0.193 e. The van der Waals surface area contributed by atoms with E-state index in [0.717, 1.165) is 23.3 Å². The summed E-state index contributed by atoms with van der Waals surface area (Å²) in [5.41, 5.74) is 6.27. The van der Waals surface area contributed by atoms with E-state index in [1.165, 1.54) is 11.8 Å². The second-order valence-electron chi connectivity index (χ2n) is 13.9. The third-order valence-corrected chi connectivity index (χ3v) is 12.9. The Labute approximate surface area is 267 Å². The number of hydrogen-bond donors (Lipinski definition) is 3. The van der Waals surface area contributed by atoms with E-state index in [4.69, 9.17) is 15.2 Å². The smallest absolute Gasteiger partial charge is 0.193 e. The summed E-state index contributed by atoms with van der Waals surface area (Å²) >= 11 is 1.44. The third-order valence-electron chi connectivity index (χ3n) is 11.8. The normalized spacial score (nSPS) is 38.3. The molecule has 4 fully saturated rings. The molecule has 1 aliphatic heterocycles. The van der Waals surface area contributed by atoms with Crippen LogP contribution in [-0.4, -0.2) is 46.2 Å². The molecule has 9 heteroatoms. The molecule has 2 unspecified atom stereocenters. The van der Waals surface area contributed by atoms with Gasteiger partial charge in [0.15, 0.2) is 23.5 Å². The zero-order valence-corrected chi connectivity index (χ0v) is 26.6. The van der Waals surface area contributed by atoms with Gasteiger partial charge in [-0.05, 0) is 79.9 Å². The van der Waals surface area contributed by atoms with Crippen molar-refractivity contribution in [1.29, 1.82) is 0 Å². The molecule has 3 saturated carbocycles. The Hall–Kier alpha value is -2.82. The summed E-state index contributed by atoms with van der Waals surface area (Å²) in [7, 11) is 0. The molecule has 1 heterocycles. The lowest BCUT2D eigenvalue weighted by molar-refractivity contribution is -0.201. The number of fused-ring (bicyclic) bond motifs is 7. The number of benzene rings is 2. The van der Waals surface area contributed by atoms with E-state index in [-0.39, 0.29) is 35.5 Å². The minimum atomic E-state index is -1.54. The minimum absolute atomic E-state index is 0.0267. The van der Waals surface area contributed by atoms with Gasteiger partial charge in [0.25, 0.3) is 0 Å². The van der Waals surface area contributed by atoms with E-state index in [1.807, 2.05) is 43.3 Å². The lowest BCUT2D eigenvalue weighted by Crippen LogP contribution is -2.63. The molecule has 45 heavy (non-hydrogen) atoms. The van der Waals surface area contributed by atoms with Crippen LogP contribution in [0.5, 0.6) is 0 Å². The fourth-order valence-corrected chi connectivity index (χ4v) is 10.7. The number of hydrogen-bond acceptors (Lipinski definition) is 8. The Balaban J connectivity index is 1.22. The molecule has 2 aromatic carbocycles. The Morgan fingerprint density at radius 2 is 1.98 bits per heavy atom. The number of rotatable bonds is 6. The maximum atomic E-state index is 16.3. The number of allylic oxidation sites excluding steroid dienone is 4. The average Bonchev–Trinajstić information content (AvgIpc) is 3.50. The number of aryl methyl sites for hydroxylation is 1. The van der Waals surface area contributed by atoms with Crippen molar-refractivity contribution in [2.24, 2.45) is 28.6 Å². The standard InChI is InChI=1S/C36H40FNO6S/c1-19-8-9-20(18-45-27-7-5-4-6-25(27)38)32(37)30(19)33-43-29-15-24-23-11-10-21-14-22(40)12-13-34(21,2)31(23)26(41)16-35(24,3)36(29,44-33)28(42)17-39/h4-9,12-14,23-24,26,29,31,33,39,41H,10-11,15-18,38H2,1-3H3/t23-,24?,26-,29+,31?,33-,34-,35-,36+/m0/s1. The van der Waals surface area contributed by atoms with Crippen molar-refractivity contribution >= 4 is 29.0 Å². The molecular weight excluding hydrogens is 593 g/mol. The van der Waals surface area contributed by atoms with Crippen molar-refractivity contribution in [3.63, 3.8) is 0 Å². The predicted octanol–water partition coefficient (Wildman–Crippen LogP) is 5.61. The van der Waals surface area contributed by atoms with Gasteiger partial charge in [-0.15, -0.1) is 11.8 Å². The summed E-state index contributed by atoms with van der Waals surface area (Å²) in [5.74, 6) is -0.763. The van der Waals surface area contributed by atoms with Crippen molar-refractivity contribution in [2.45, 2.75) is 81.2 Å². The number of nitrogen functional groups attached to an aromatic ring is 1. The lowest BCUT2D eigenvalue weighted by atomic mass is 9.46. The van der Waals surface area contributed by atoms with Crippen LogP contribution in [0.15, 0.2) is 65.1 Å². The van der Waals surface area contributed by atoms with E-state index in [2.05, 4.69) is 6.92 Å². The molecule has 4 aliphatic carbocycles. The average molecular weight is 634 g/mol. The third kappa shape index (κ3) is 4.38. The summed E-state index contributed by atoms with van der Waals surface area (Å²) in [5, 5.41) is 22.2. The quantitative estimate of drug-likeness (QED) is 0.278. The summed E-state index contributed by atoms with van der Waals surface area (Å²) in [6.07, 6.45) is 4.88.